The van der Waals surface area contributed by atoms with E-state index in [-0.39, 0.29) is 11.6 Å². The molecule has 4 N–H and O–H groups in total. The van der Waals surface area contributed by atoms with E-state index in [9.17, 15) is 4.39 Å². The van der Waals surface area contributed by atoms with E-state index in [1.807, 2.05) is 0 Å². The Bertz CT molecular complexity index is 1130. The number of pyridine rings is 1. The first-order valence-electron chi connectivity index (χ1n) is 8.09. The monoisotopic (exact) mass is 383 g/mol. The molecule has 0 atom stereocenters. The minimum Gasteiger partial charge on any atom is -0.436 e. The van der Waals surface area contributed by atoms with Crippen LogP contribution in [0.25, 0.3) is 11.0 Å². The van der Waals surface area contributed by atoms with Gasteiger partial charge in [-0.05, 0) is 42.0 Å². The minimum absolute atomic E-state index is 0.0706. The van der Waals surface area contributed by atoms with Gasteiger partial charge in [-0.25, -0.2) is 14.4 Å². The molecule has 0 aliphatic heterocycles. The summed E-state index contributed by atoms with van der Waals surface area (Å²) >= 11 is 5.78. The molecule has 4 rings (SSSR count). The summed E-state index contributed by atoms with van der Waals surface area (Å²) in [5.41, 5.74) is 14.7. The maximum Gasteiger partial charge on any atom is 0.219 e. The SMILES string of the molecule is Nc1ccc2nc(N)n(Cc3ccc(Oc4ccc(Cl)cn4)c(F)c3)c2c1. The van der Waals surface area contributed by atoms with Gasteiger partial charge in [-0.15, -0.1) is 0 Å². The first-order chi connectivity index (χ1) is 13.0. The predicted molar refractivity (Wildman–Crippen MR) is 103 cm³/mol. The van der Waals surface area contributed by atoms with Crippen LogP contribution in [0.2, 0.25) is 5.02 Å². The number of hydrogen-bond acceptors (Lipinski definition) is 5. The number of nitrogens with zero attached hydrogens (tertiary/aromatic N) is 3. The topological polar surface area (TPSA) is 92.0 Å². The Kier molecular flexibility index (Phi) is 4.29. The van der Waals surface area contributed by atoms with Gasteiger partial charge >= 0.3 is 0 Å². The predicted octanol–water partition coefficient (Wildman–Crippen LogP) is 4.23. The van der Waals surface area contributed by atoms with E-state index in [4.69, 9.17) is 27.8 Å². The molecule has 2 heterocycles. The number of hydrogen-bond donors (Lipinski definition) is 2. The van der Waals surface area contributed by atoms with Crippen molar-refractivity contribution in [2.24, 2.45) is 0 Å². The van der Waals surface area contributed by atoms with Crippen LogP contribution in [0.15, 0.2) is 54.7 Å². The number of aromatic nitrogens is 3. The Morgan fingerprint density at radius 2 is 1.93 bits per heavy atom. The fourth-order valence-electron chi connectivity index (χ4n) is 2.77. The molecular formula is C19H15ClFN5O. The van der Waals surface area contributed by atoms with Crippen molar-refractivity contribution in [1.29, 1.82) is 0 Å². The van der Waals surface area contributed by atoms with Gasteiger partial charge < -0.3 is 20.8 Å². The van der Waals surface area contributed by atoms with Crippen molar-refractivity contribution in [3.05, 3.63) is 71.1 Å². The van der Waals surface area contributed by atoms with Gasteiger partial charge in [-0.2, -0.15) is 0 Å². The second-order valence-corrected chi connectivity index (χ2v) is 6.42. The van der Waals surface area contributed by atoms with Crippen molar-refractivity contribution in [2.45, 2.75) is 6.54 Å². The zero-order valence-corrected chi connectivity index (χ0v) is 14.8. The standard InChI is InChI=1S/C19H15ClFN5O/c20-12-2-6-18(24-9-12)27-17-5-1-11(7-14(17)21)10-26-16-8-13(22)3-4-15(16)25-19(26)23/h1-9H,10,22H2,(H2,23,25). The average Bonchev–Trinajstić information content (AvgIpc) is 2.94. The van der Waals surface area contributed by atoms with E-state index >= 15 is 0 Å². The maximum absolute atomic E-state index is 14.5. The lowest BCUT2D eigenvalue weighted by Gasteiger charge is -2.10. The highest BCUT2D eigenvalue weighted by atomic mass is 35.5. The Labute approximate surface area is 159 Å². The molecule has 0 radical (unpaired) electrons. The number of benzene rings is 2. The Balaban J connectivity index is 1.61. The summed E-state index contributed by atoms with van der Waals surface area (Å²) in [6, 6.07) is 13.2. The number of rotatable bonds is 4. The number of ether oxygens (including phenoxy) is 1. The molecule has 27 heavy (non-hydrogen) atoms. The Hall–Kier alpha value is -3.32. The normalized spacial score (nSPS) is 11.0. The van der Waals surface area contributed by atoms with Crippen LogP contribution >= 0.6 is 11.6 Å². The summed E-state index contributed by atoms with van der Waals surface area (Å²) in [4.78, 5) is 8.29. The fraction of sp³-hybridized carbons (Fsp3) is 0.0526. The number of imidazole rings is 1. The average molecular weight is 384 g/mol. The molecule has 0 amide bonds. The van der Waals surface area contributed by atoms with E-state index < -0.39 is 5.82 Å². The number of nitrogens with two attached hydrogens (primary N) is 2. The van der Waals surface area contributed by atoms with Gasteiger partial charge in [0.15, 0.2) is 11.6 Å². The summed E-state index contributed by atoms with van der Waals surface area (Å²) in [6.45, 7) is 0.349. The zero-order valence-electron chi connectivity index (χ0n) is 14.1. The molecule has 0 aliphatic rings. The van der Waals surface area contributed by atoms with Crippen molar-refractivity contribution >= 4 is 34.3 Å². The molecular weight excluding hydrogens is 369 g/mol. The molecule has 0 spiro atoms. The number of halogens is 2. The van der Waals surface area contributed by atoms with Gasteiger partial charge in [0.2, 0.25) is 11.8 Å². The van der Waals surface area contributed by atoms with Gasteiger partial charge in [0.05, 0.1) is 22.6 Å². The molecule has 136 valence electrons. The van der Waals surface area contributed by atoms with Crippen LogP contribution in [0.4, 0.5) is 16.0 Å². The third kappa shape index (κ3) is 3.50. The molecule has 8 heteroatoms. The lowest BCUT2D eigenvalue weighted by atomic mass is 10.2. The van der Waals surface area contributed by atoms with Crippen molar-refractivity contribution in [3.8, 4) is 11.6 Å². The summed E-state index contributed by atoms with van der Waals surface area (Å²) in [6.07, 6.45) is 1.43. The lowest BCUT2D eigenvalue weighted by molar-refractivity contribution is 0.427. The molecule has 0 saturated carbocycles. The summed E-state index contributed by atoms with van der Waals surface area (Å²) < 4.78 is 21.7. The summed E-state index contributed by atoms with van der Waals surface area (Å²) in [5.74, 6) is 0.154. The maximum atomic E-state index is 14.5. The molecule has 0 fully saturated rings. The number of fused-ring (bicyclic) bond motifs is 1. The van der Waals surface area contributed by atoms with Crippen LogP contribution in [0, 0.1) is 5.82 Å². The molecule has 0 bridgehead atoms. The molecule has 0 saturated heterocycles. The quantitative estimate of drug-likeness (QED) is 0.514. The second kappa shape index (κ2) is 6.77. The first-order valence-corrected chi connectivity index (χ1v) is 8.46. The smallest absolute Gasteiger partial charge is 0.219 e. The molecule has 2 aromatic heterocycles. The molecule has 0 unspecified atom stereocenters. The first kappa shape index (κ1) is 17.1. The van der Waals surface area contributed by atoms with Crippen LogP contribution in [0.1, 0.15) is 5.56 Å². The Morgan fingerprint density at radius 3 is 2.67 bits per heavy atom. The number of anilines is 2. The largest absolute Gasteiger partial charge is 0.436 e. The van der Waals surface area contributed by atoms with Gasteiger partial charge in [-0.1, -0.05) is 17.7 Å². The van der Waals surface area contributed by atoms with Crippen molar-refractivity contribution < 1.29 is 9.13 Å². The summed E-state index contributed by atoms with van der Waals surface area (Å²) in [7, 11) is 0. The van der Waals surface area contributed by atoms with Crippen molar-refractivity contribution in [1.82, 2.24) is 14.5 Å². The van der Waals surface area contributed by atoms with Crippen molar-refractivity contribution in [3.63, 3.8) is 0 Å². The molecule has 0 aliphatic carbocycles. The lowest BCUT2D eigenvalue weighted by Crippen LogP contribution is -2.05. The third-order valence-electron chi connectivity index (χ3n) is 4.05. The molecule has 2 aromatic carbocycles. The molecule has 6 nitrogen and oxygen atoms in total. The van der Waals surface area contributed by atoms with Crippen LogP contribution in [-0.4, -0.2) is 14.5 Å². The van der Waals surface area contributed by atoms with Crippen LogP contribution < -0.4 is 16.2 Å². The highest BCUT2D eigenvalue weighted by Crippen LogP contribution is 2.26. The Morgan fingerprint density at radius 1 is 1.07 bits per heavy atom. The highest BCUT2D eigenvalue weighted by molar-refractivity contribution is 6.30. The van der Waals surface area contributed by atoms with E-state index in [0.717, 1.165) is 11.0 Å². The van der Waals surface area contributed by atoms with Crippen LogP contribution in [0.5, 0.6) is 11.6 Å². The summed E-state index contributed by atoms with van der Waals surface area (Å²) in [5, 5.41) is 0.476. The van der Waals surface area contributed by atoms with Gasteiger partial charge in [-0.3, -0.25) is 0 Å². The van der Waals surface area contributed by atoms with E-state index in [0.29, 0.717) is 28.8 Å². The fourth-order valence-corrected chi connectivity index (χ4v) is 2.88. The minimum atomic E-state index is -0.508. The molecule has 4 aromatic rings. The van der Waals surface area contributed by atoms with Crippen LogP contribution in [-0.2, 0) is 6.54 Å². The van der Waals surface area contributed by atoms with Crippen molar-refractivity contribution in [2.75, 3.05) is 11.5 Å². The van der Waals surface area contributed by atoms with Gasteiger partial charge in [0, 0.05) is 18.0 Å². The van der Waals surface area contributed by atoms with E-state index in [1.165, 1.54) is 12.3 Å². The van der Waals surface area contributed by atoms with E-state index in [1.54, 1.807) is 47.0 Å². The highest BCUT2D eigenvalue weighted by Gasteiger charge is 2.12. The second-order valence-electron chi connectivity index (χ2n) is 5.99. The zero-order chi connectivity index (χ0) is 19.0. The number of nitrogen functional groups attached to an aromatic ring is 2. The van der Waals surface area contributed by atoms with Crippen LogP contribution in [0.3, 0.4) is 0 Å². The third-order valence-corrected chi connectivity index (χ3v) is 4.28. The van der Waals surface area contributed by atoms with Gasteiger partial charge in [0.25, 0.3) is 0 Å². The van der Waals surface area contributed by atoms with Gasteiger partial charge in [0.1, 0.15) is 0 Å². The van der Waals surface area contributed by atoms with E-state index in [2.05, 4.69) is 9.97 Å².